The molecular weight excluding hydrogens is 236 g/mol. The molecule has 19 heavy (non-hydrogen) atoms. The molecule has 4 unspecified atom stereocenters. The number of nitrogens with zero attached hydrogens (tertiary/aromatic N) is 1. The largest absolute Gasteiger partial charge is 0.372 e. The fourth-order valence-corrected chi connectivity index (χ4v) is 4.52. The van der Waals surface area contributed by atoms with E-state index >= 15 is 0 Å². The van der Waals surface area contributed by atoms with Crippen LogP contribution in [0.5, 0.6) is 0 Å². The van der Waals surface area contributed by atoms with Crippen molar-refractivity contribution in [1.29, 1.82) is 0 Å². The van der Waals surface area contributed by atoms with E-state index < -0.39 is 0 Å². The Hall–Kier alpha value is -0.120. The SMILES string of the molecule is CCC1CCCC(CN)(N2CC3CCC(C2)O3)CC1. The summed E-state index contributed by atoms with van der Waals surface area (Å²) in [5.41, 5.74) is 6.54. The van der Waals surface area contributed by atoms with Crippen LogP contribution in [0.25, 0.3) is 0 Å². The van der Waals surface area contributed by atoms with Gasteiger partial charge in [0.15, 0.2) is 0 Å². The van der Waals surface area contributed by atoms with Crippen molar-refractivity contribution < 1.29 is 4.74 Å². The molecule has 2 aliphatic heterocycles. The lowest BCUT2D eigenvalue weighted by Gasteiger charge is -2.47. The molecule has 2 saturated heterocycles. The van der Waals surface area contributed by atoms with Crippen LogP contribution in [0, 0.1) is 5.92 Å². The highest BCUT2D eigenvalue weighted by molar-refractivity contribution is 4.99. The highest BCUT2D eigenvalue weighted by atomic mass is 16.5. The van der Waals surface area contributed by atoms with Gasteiger partial charge in [-0.05, 0) is 38.0 Å². The molecule has 3 rings (SSSR count). The van der Waals surface area contributed by atoms with Crippen molar-refractivity contribution in [2.24, 2.45) is 11.7 Å². The maximum absolute atomic E-state index is 6.25. The van der Waals surface area contributed by atoms with Gasteiger partial charge in [-0.3, -0.25) is 4.90 Å². The molecule has 2 bridgehead atoms. The zero-order chi connectivity index (χ0) is 13.3. The molecule has 0 radical (unpaired) electrons. The van der Waals surface area contributed by atoms with Gasteiger partial charge in [0.2, 0.25) is 0 Å². The van der Waals surface area contributed by atoms with Crippen LogP contribution in [0.15, 0.2) is 0 Å². The van der Waals surface area contributed by atoms with E-state index in [0.29, 0.717) is 12.2 Å². The molecule has 3 aliphatic rings. The van der Waals surface area contributed by atoms with Gasteiger partial charge in [-0.25, -0.2) is 0 Å². The Morgan fingerprint density at radius 2 is 1.84 bits per heavy atom. The lowest BCUT2D eigenvalue weighted by atomic mass is 9.86. The predicted octanol–water partition coefficient (Wildman–Crippen LogP) is 2.54. The van der Waals surface area contributed by atoms with Crippen LogP contribution < -0.4 is 5.73 Å². The van der Waals surface area contributed by atoms with Crippen LogP contribution in [0.3, 0.4) is 0 Å². The monoisotopic (exact) mass is 266 g/mol. The van der Waals surface area contributed by atoms with Gasteiger partial charge >= 0.3 is 0 Å². The minimum Gasteiger partial charge on any atom is -0.372 e. The molecule has 110 valence electrons. The van der Waals surface area contributed by atoms with E-state index in [1.807, 2.05) is 0 Å². The normalized spacial score (nSPS) is 44.2. The standard InChI is InChI=1S/C16H30N2O/c1-2-13-4-3-8-16(12-17,9-7-13)18-10-14-5-6-15(11-18)19-14/h13-15H,2-12,17H2,1H3. The second-order valence-electron chi connectivity index (χ2n) is 7.00. The lowest BCUT2D eigenvalue weighted by molar-refractivity contribution is -0.0806. The Bertz CT molecular complexity index is 297. The Balaban J connectivity index is 1.71. The molecule has 4 atom stereocenters. The summed E-state index contributed by atoms with van der Waals surface area (Å²) in [4.78, 5) is 2.72. The van der Waals surface area contributed by atoms with Crippen LogP contribution >= 0.6 is 0 Å². The number of rotatable bonds is 3. The Labute approximate surface area is 117 Å². The first kappa shape index (κ1) is 13.8. The van der Waals surface area contributed by atoms with Crippen molar-refractivity contribution >= 4 is 0 Å². The molecule has 0 spiro atoms. The summed E-state index contributed by atoms with van der Waals surface area (Å²) in [7, 11) is 0. The average molecular weight is 266 g/mol. The minimum atomic E-state index is 0.286. The van der Waals surface area contributed by atoms with Crippen LogP contribution in [-0.4, -0.2) is 42.3 Å². The zero-order valence-corrected chi connectivity index (χ0v) is 12.4. The summed E-state index contributed by atoms with van der Waals surface area (Å²) in [6, 6.07) is 0. The minimum absolute atomic E-state index is 0.286. The van der Waals surface area contributed by atoms with Crippen LogP contribution in [-0.2, 0) is 4.74 Å². The van der Waals surface area contributed by atoms with E-state index in [-0.39, 0.29) is 5.54 Å². The van der Waals surface area contributed by atoms with Crippen molar-refractivity contribution in [3.05, 3.63) is 0 Å². The van der Waals surface area contributed by atoms with Gasteiger partial charge in [0.05, 0.1) is 12.2 Å². The van der Waals surface area contributed by atoms with Crippen molar-refractivity contribution in [1.82, 2.24) is 4.90 Å². The van der Waals surface area contributed by atoms with Gasteiger partial charge in [-0.2, -0.15) is 0 Å². The number of likely N-dealkylation sites (tertiary alicyclic amines) is 1. The second kappa shape index (κ2) is 5.71. The Kier molecular flexibility index (Phi) is 4.16. The maximum Gasteiger partial charge on any atom is 0.0707 e. The second-order valence-corrected chi connectivity index (χ2v) is 7.00. The molecule has 1 saturated carbocycles. The summed E-state index contributed by atoms with van der Waals surface area (Å²) < 4.78 is 6.00. The molecule has 1 aliphatic carbocycles. The Morgan fingerprint density at radius 1 is 1.11 bits per heavy atom. The van der Waals surface area contributed by atoms with E-state index in [9.17, 15) is 0 Å². The fraction of sp³-hybridized carbons (Fsp3) is 1.00. The van der Waals surface area contributed by atoms with Gasteiger partial charge in [-0.1, -0.05) is 26.2 Å². The van der Waals surface area contributed by atoms with Crippen molar-refractivity contribution in [3.63, 3.8) is 0 Å². The molecule has 2 N–H and O–H groups in total. The molecule has 0 aromatic carbocycles. The first-order valence-electron chi connectivity index (χ1n) is 8.36. The topological polar surface area (TPSA) is 38.5 Å². The quantitative estimate of drug-likeness (QED) is 0.798. The predicted molar refractivity (Wildman–Crippen MR) is 78.1 cm³/mol. The average Bonchev–Trinajstić information content (AvgIpc) is 2.68. The number of ether oxygens (including phenoxy) is 1. The van der Waals surface area contributed by atoms with Crippen molar-refractivity contribution in [3.8, 4) is 0 Å². The van der Waals surface area contributed by atoms with Crippen LogP contribution in [0.1, 0.15) is 58.3 Å². The first-order valence-corrected chi connectivity index (χ1v) is 8.36. The van der Waals surface area contributed by atoms with E-state index in [1.54, 1.807) is 0 Å². The molecular formula is C16H30N2O. The van der Waals surface area contributed by atoms with Gasteiger partial charge in [0.25, 0.3) is 0 Å². The van der Waals surface area contributed by atoms with E-state index in [2.05, 4.69) is 11.8 Å². The molecule has 3 fully saturated rings. The third-order valence-electron chi connectivity index (χ3n) is 5.94. The molecule has 0 aromatic heterocycles. The Morgan fingerprint density at radius 3 is 2.47 bits per heavy atom. The van der Waals surface area contributed by atoms with Gasteiger partial charge in [0.1, 0.15) is 0 Å². The molecule has 3 heteroatoms. The summed E-state index contributed by atoms with van der Waals surface area (Å²) in [6.45, 7) is 5.44. The highest BCUT2D eigenvalue weighted by Gasteiger charge is 2.43. The van der Waals surface area contributed by atoms with Gasteiger partial charge < -0.3 is 10.5 Å². The van der Waals surface area contributed by atoms with Gasteiger partial charge in [0, 0.05) is 25.2 Å². The van der Waals surface area contributed by atoms with E-state index in [0.717, 1.165) is 25.6 Å². The number of hydrogen-bond donors (Lipinski definition) is 1. The van der Waals surface area contributed by atoms with Crippen LogP contribution in [0.4, 0.5) is 0 Å². The number of hydrogen-bond acceptors (Lipinski definition) is 3. The maximum atomic E-state index is 6.25. The smallest absolute Gasteiger partial charge is 0.0707 e. The summed E-state index contributed by atoms with van der Waals surface area (Å²) in [5.74, 6) is 0.936. The molecule has 0 aromatic rings. The lowest BCUT2D eigenvalue weighted by Crippen LogP contribution is -2.59. The fourth-order valence-electron chi connectivity index (χ4n) is 4.52. The zero-order valence-electron chi connectivity index (χ0n) is 12.4. The van der Waals surface area contributed by atoms with Crippen molar-refractivity contribution in [2.75, 3.05) is 19.6 Å². The van der Waals surface area contributed by atoms with Crippen molar-refractivity contribution in [2.45, 2.75) is 76.0 Å². The number of morpholine rings is 1. The third kappa shape index (κ3) is 2.70. The summed E-state index contributed by atoms with van der Waals surface area (Å²) >= 11 is 0. The molecule has 2 heterocycles. The summed E-state index contributed by atoms with van der Waals surface area (Å²) in [5, 5.41) is 0. The van der Waals surface area contributed by atoms with Gasteiger partial charge in [-0.15, -0.1) is 0 Å². The van der Waals surface area contributed by atoms with E-state index in [1.165, 1.54) is 51.4 Å². The van der Waals surface area contributed by atoms with E-state index in [4.69, 9.17) is 10.5 Å². The summed E-state index contributed by atoms with van der Waals surface area (Å²) in [6.07, 6.45) is 11.6. The van der Waals surface area contributed by atoms with Crippen LogP contribution in [0.2, 0.25) is 0 Å². The highest BCUT2D eigenvalue weighted by Crippen LogP contribution is 2.39. The number of nitrogens with two attached hydrogens (primary N) is 1. The first-order chi connectivity index (χ1) is 9.25. The molecule has 3 nitrogen and oxygen atoms in total. The molecule has 0 amide bonds. The number of fused-ring (bicyclic) bond motifs is 2. The third-order valence-corrected chi connectivity index (χ3v) is 5.94.